The number of benzene rings is 1. The van der Waals surface area contributed by atoms with Crippen molar-refractivity contribution in [2.45, 2.75) is 12.2 Å². The number of hydrogen-bond acceptors (Lipinski definition) is 3. The van der Waals surface area contributed by atoms with Crippen molar-refractivity contribution in [2.75, 3.05) is 5.75 Å². The summed E-state index contributed by atoms with van der Waals surface area (Å²) in [6.07, 6.45) is 0. The van der Waals surface area contributed by atoms with Gasteiger partial charge in [-0.1, -0.05) is 23.7 Å². The summed E-state index contributed by atoms with van der Waals surface area (Å²) in [5.74, 6) is -0.199. The fourth-order valence-corrected chi connectivity index (χ4v) is 2.15. The summed E-state index contributed by atoms with van der Waals surface area (Å²) in [4.78, 5) is 21.6. The standard InChI is InChI=1S/C11H13ClN2O2S/c1-7(8-2-4-9(12)5-3-8)17-6-10(15)14-11(13)16/h2-5,7H,6H2,1H3,(H3,13,14,15,16)/t7-/m0/s1. The van der Waals surface area contributed by atoms with Crippen molar-refractivity contribution in [2.24, 2.45) is 5.73 Å². The van der Waals surface area contributed by atoms with Crippen molar-refractivity contribution in [3.63, 3.8) is 0 Å². The van der Waals surface area contributed by atoms with E-state index in [1.54, 1.807) is 12.1 Å². The summed E-state index contributed by atoms with van der Waals surface area (Å²) in [7, 11) is 0. The smallest absolute Gasteiger partial charge is 0.318 e. The SMILES string of the molecule is C[C@H](SCC(=O)NC(N)=O)c1ccc(Cl)cc1. The molecular formula is C11H13ClN2O2S. The van der Waals surface area contributed by atoms with Gasteiger partial charge in [0.15, 0.2) is 0 Å². The Labute approximate surface area is 109 Å². The van der Waals surface area contributed by atoms with Crippen LogP contribution in [-0.4, -0.2) is 17.7 Å². The second-order valence-electron chi connectivity index (χ2n) is 3.42. The van der Waals surface area contributed by atoms with Gasteiger partial charge in [-0.15, -0.1) is 11.8 Å². The van der Waals surface area contributed by atoms with Crippen LogP contribution in [0, 0.1) is 0 Å². The third-order valence-corrected chi connectivity index (χ3v) is 3.52. The average Bonchev–Trinajstić information content (AvgIpc) is 2.26. The summed E-state index contributed by atoms with van der Waals surface area (Å²) in [5, 5.41) is 2.84. The largest absolute Gasteiger partial charge is 0.351 e. The molecule has 1 atom stereocenters. The van der Waals surface area contributed by atoms with Crippen molar-refractivity contribution >= 4 is 35.3 Å². The number of amides is 3. The van der Waals surface area contributed by atoms with Gasteiger partial charge < -0.3 is 5.73 Å². The second kappa shape index (κ2) is 6.51. The van der Waals surface area contributed by atoms with E-state index < -0.39 is 6.03 Å². The highest BCUT2D eigenvalue weighted by Crippen LogP contribution is 2.28. The van der Waals surface area contributed by atoms with Gasteiger partial charge in [0.25, 0.3) is 0 Å². The van der Waals surface area contributed by atoms with Gasteiger partial charge >= 0.3 is 6.03 Å². The van der Waals surface area contributed by atoms with E-state index >= 15 is 0 Å². The molecule has 0 heterocycles. The van der Waals surface area contributed by atoms with Crippen LogP contribution in [0.1, 0.15) is 17.7 Å². The van der Waals surface area contributed by atoms with Crippen LogP contribution in [0.3, 0.4) is 0 Å². The molecule has 3 N–H and O–H groups in total. The molecule has 1 aromatic rings. The van der Waals surface area contributed by atoms with Crippen molar-refractivity contribution < 1.29 is 9.59 Å². The van der Waals surface area contributed by atoms with Crippen LogP contribution in [0.5, 0.6) is 0 Å². The molecule has 0 aliphatic carbocycles. The molecule has 0 radical (unpaired) electrons. The first kappa shape index (κ1) is 13.9. The number of nitrogens with two attached hydrogens (primary N) is 1. The Bertz CT molecular complexity index is 408. The minimum absolute atomic E-state index is 0.144. The molecule has 0 spiro atoms. The number of nitrogens with one attached hydrogen (secondary N) is 1. The Kier molecular flexibility index (Phi) is 5.31. The molecule has 0 saturated heterocycles. The number of halogens is 1. The first-order chi connectivity index (χ1) is 7.99. The van der Waals surface area contributed by atoms with E-state index in [2.05, 4.69) is 0 Å². The van der Waals surface area contributed by atoms with Crippen LogP contribution in [0.2, 0.25) is 5.02 Å². The topological polar surface area (TPSA) is 72.2 Å². The molecule has 1 rings (SSSR count). The Morgan fingerprint density at radius 1 is 1.41 bits per heavy atom. The average molecular weight is 273 g/mol. The van der Waals surface area contributed by atoms with Gasteiger partial charge in [-0.2, -0.15) is 0 Å². The van der Waals surface area contributed by atoms with Crippen molar-refractivity contribution in [3.8, 4) is 0 Å². The van der Waals surface area contributed by atoms with E-state index in [1.807, 2.05) is 24.4 Å². The van der Waals surface area contributed by atoms with Crippen LogP contribution in [0.4, 0.5) is 4.79 Å². The maximum absolute atomic E-state index is 11.2. The third-order valence-electron chi connectivity index (χ3n) is 2.07. The van der Waals surface area contributed by atoms with Gasteiger partial charge in [-0.05, 0) is 24.6 Å². The molecule has 0 aromatic heterocycles. The number of urea groups is 1. The van der Waals surface area contributed by atoms with E-state index in [4.69, 9.17) is 17.3 Å². The molecule has 0 fully saturated rings. The molecule has 4 nitrogen and oxygen atoms in total. The lowest BCUT2D eigenvalue weighted by molar-refractivity contribution is -0.117. The van der Waals surface area contributed by atoms with Crippen molar-refractivity contribution in [1.29, 1.82) is 0 Å². The highest BCUT2D eigenvalue weighted by molar-refractivity contribution is 8.00. The first-order valence-electron chi connectivity index (χ1n) is 4.95. The molecule has 0 aliphatic heterocycles. The molecule has 6 heteroatoms. The Hall–Kier alpha value is -1.20. The molecule has 3 amide bonds. The van der Waals surface area contributed by atoms with E-state index in [9.17, 15) is 9.59 Å². The molecule has 92 valence electrons. The number of hydrogen-bond donors (Lipinski definition) is 2. The van der Waals surface area contributed by atoms with Crippen molar-refractivity contribution in [3.05, 3.63) is 34.9 Å². The fourth-order valence-electron chi connectivity index (χ4n) is 1.20. The zero-order valence-corrected chi connectivity index (χ0v) is 10.8. The lowest BCUT2D eigenvalue weighted by Gasteiger charge is -2.11. The number of imide groups is 1. The Morgan fingerprint density at radius 2 is 2.00 bits per heavy atom. The summed E-state index contributed by atoms with van der Waals surface area (Å²) in [6, 6.07) is 6.60. The van der Waals surface area contributed by atoms with Gasteiger partial charge in [0.05, 0.1) is 5.75 Å². The van der Waals surface area contributed by atoms with Gasteiger partial charge in [0, 0.05) is 10.3 Å². The van der Waals surface area contributed by atoms with Crippen LogP contribution in [0.15, 0.2) is 24.3 Å². The number of rotatable bonds is 4. The minimum Gasteiger partial charge on any atom is -0.351 e. The van der Waals surface area contributed by atoms with E-state index in [1.165, 1.54) is 11.8 Å². The molecule has 0 unspecified atom stereocenters. The Balaban J connectivity index is 2.44. The number of primary amides is 1. The number of carbonyl (C=O) groups excluding carboxylic acids is 2. The van der Waals surface area contributed by atoms with Gasteiger partial charge in [-0.25, -0.2) is 4.79 Å². The van der Waals surface area contributed by atoms with Gasteiger partial charge in [0.1, 0.15) is 0 Å². The third kappa shape index (κ3) is 5.10. The van der Waals surface area contributed by atoms with Crippen molar-refractivity contribution in [1.82, 2.24) is 5.32 Å². The quantitative estimate of drug-likeness (QED) is 0.884. The second-order valence-corrected chi connectivity index (χ2v) is 5.18. The minimum atomic E-state index is -0.824. The molecule has 0 bridgehead atoms. The van der Waals surface area contributed by atoms with Crippen LogP contribution in [-0.2, 0) is 4.79 Å². The highest BCUT2D eigenvalue weighted by Gasteiger charge is 2.10. The number of carbonyl (C=O) groups is 2. The van der Waals surface area contributed by atoms with E-state index in [0.717, 1.165) is 5.56 Å². The number of thioether (sulfide) groups is 1. The van der Waals surface area contributed by atoms with E-state index in [-0.39, 0.29) is 16.9 Å². The van der Waals surface area contributed by atoms with Crippen LogP contribution >= 0.6 is 23.4 Å². The Morgan fingerprint density at radius 3 is 2.53 bits per heavy atom. The van der Waals surface area contributed by atoms with E-state index in [0.29, 0.717) is 5.02 Å². The molecule has 17 heavy (non-hydrogen) atoms. The van der Waals surface area contributed by atoms with Crippen LogP contribution in [0.25, 0.3) is 0 Å². The molecule has 0 saturated carbocycles. The zero-order valence-electron chi connectivity index (χ0n) is 9.27. The molecular weight excluding hydrogens is 260 g/mol. The summed E-state index contributed by atoms with van der Waals surface area (Å²) in [5.41, 5.74) is 5.91. The highest BCUT2D eigenvalue weighted by atomic mass is 35.5. The summed E-state index contributed by atoms with van der Waals surface area (Å²) < 4.78 is 0. The first-order valence-corrected chi connectivity index (χ1v) is 6.38. The predicted octanol–water partition coefficient (Wildman–Crippen LogP) is 2.33. The van der Waals surface area contributed by atoms with Gasteiger partial charge in [-0.3, -0.25) is 10.1 Å². The fraction of sp³-hybridized carbons (Fsp3) is 0.273. The van der Waals surface area contributed by atoms with Gasteiger partial charge in [0.2, 0.25) is 5.91 Å². The predicted molar refractivity (Wildman–Crippen MR) is 70.1 cm³/mol. The molecule has 1 aromatic carbocycles. The van der Waals surface area contributed by atoms with Crippen LogP contribution < -0.4 is 11.1 Å². The lowest BCUT2D eigenvalue weighted by atomic mass is 10.2. The normalized spacial score (nSPS) is 11.9. The lowest BCUT2D eigenvalue weighted by Crippen LogP contribution is -2.36. The summed E-state index contributed by atoms with van der Waals surface area (Å²) in [6.45, 7) is 1.98. The summed E-state index contributed by atoms with van der Waals surface area (Å²) >= 11 is 7.20. The maximum Gasteiger partial charge on any atom is 0.318 e. The molecule has 0 aliphatic rings. The maximum atomic E-state index is 11.2. The zero-order chi connectivity index (χ0) is 12.8. The monoisotopic (exact) mass is 272 g/mol.